The third-order valence-electron chi connectivity index (χ3n) is 3.78. The van der Waals surface area contributed by atoms with Crippen LogP contribution in [0.15, 0.2) is 53.7 Å². The van der Waals surface area contributed by atoms with Crippen LogP contribution >= 0.6 is 0 Å². The van der Waals surface area contributed by atoms with Crippen LogP contribution in [0.4, 0.5) is 0 Å². The summed E-state index contributed by atoms with van der Waals surface area (Å²) in [7, 11) is 1.62. The van der Waals surface area contributed by atoms with Crippen molar-refractivity contribution < 1.29 is 9.84 Å². The molecule has 5 nitrogen and oxygen atoms in total. The minimum atomic E-state index is -1.38. The van der Waals surface area contributed by atoms with Crippen molar-refractivity contribution in [2.24, 2.45) is 4.99 Å². The summed E-state index contributed by atoms with van der Waals surface area (Å²) < 4.78 is 5.19. The highest BCUT2D eigenvalue weighted by Crippen LogP contribution is 2.31. The van der Waals surface area contributed by atoms with Crippen LogP contribution in [0, 0.1) is 0 Å². The van der Waals surface area contributed by atoms with Gasteiger partial charge in [-0.1, -0.05) is 18.2 Å². The van der Waals surface area contributed by atoms with Crippen molar-refractivity contribution in [3.8, 4) is 5.75 Å². The fourth-order valence-electron chi connectivity index (χ4n) is 2.59. The van der Waals surface area contributed by atoms with E-state index in [0.717, 1.165) is 18.7 Å². The van der Waals surface area contributed by atoms with Crippen molar-refractivity contribution in [2.75, 3.05) is 20.2 Å². The predicted molar refractivity (Wildman–Crippen MR) is 85.2 cm³/mol. The minimum absolute atomic E-state index is 0.544. The van der Waals surface area contributed by atoms with E-state index in [-0.39, 0.29) is 0 Å². The second kappa shape index (κ2) is 6.15. The van der Waals surface area contributed by atoms with Crippen LogP contribution < -0.4 is 10.1 Å². The van der Waals surface area contributed by atoms with Crippen molar-refractivity contribution >= 4 is 5.84 Å². The molecule has 2 N–H and O–H groups in total. The van der Waals surface area contributed by atoms with Crippen LogP contribution in [-0.4, -0.2) is 36.1 Å². The lowest BCUT2D eigenvalue weighted by atomic mass is 9.87. The number of benzene rings is 1. The fraction of sp³-hybridized carbons (Fsp3) is 0.294. The fourth-order valence-corrected chi connectivity index (χ4v) is 2.59. The Morgan fingerprint density at radius 3 is 2.59 bits per heavy atom. The number of ether oxygens (including phenoxy) is 1. The number of aliphatic imine (C=N–C) groups is 1. The van der Waals surface area contributed by atoms with E-state index in [1.54, 1.807) is 13.3 Å². The highest BCUT2D eigenvalue weighted by Gasteiger charge is 2.39. The molecule has 0 spiro atoms. The largest absolute Gasteiger partial charge is 0.497 e. The van der Waals surface area contributed by atoms with E-state index in [1.165, 1.54) is 0 Å². The van der Waals surface area contributed by atoms with E-state index in [9.17, 15) is 5.11 Å². The molecule has 5 heteroatoms. The molecule has 0 radical (unpaired) electrons. The van der Waals surface area contributed by atoms with Gasteiger partial charge in [0.15, 0.2) is 5.60 Å². The number of amidine groups is 1. The van der Waals surface area contributed by atoms with Gasteiger partial charge in [0.25, 0.3) is 0 Å². The molecule has 1 aliphatic rings. The maximum absolute atomic E-state index is 11.4. The van der Waals surface area contributed by atoms with Crippen LogP contribution in [-0.2, 0) is 5.60 Å². The maximum atomic E-state index is 11.4. The Morgan fingerprint density at radius 2 is 2.00 bits per heavy atom. The molecule has 0 saturated carbocycles. The second-order valence-electron chi connectivity index (χ2n) is 5.16. The predicted octanol–water partition coefficient (Wildman–Crippen LogP) is 1.72. The zero-order valence-electron chi connectivity index (χ0n) is 12.5. The smallest absolute Gasteiger partial charge is 0.189 e. The number of methoxy groups -OCH3 is 1. The molecule has 1 unspecified atom stereocenters. The van der Waals surface area contributed by atoms with Crippen LogP contribution in [0.2, 0.25) is 0 Å². The van der Waals surface area contributed by atoms with Crippen LogP contribution in [0.5, 0.6) is 5.75 Å². The third-order valence-corrected chi connectivity index (χ3v) is 3.78. The molecule has 0 amide bonds. The lowest BCUT2D eigenvalue weighted by Crippen LogP contribution is -2.48. The summed E-state index contributed by atoms with van der Waals surface area (Å²) in [5.74, 6) is 1.29. The van der Waals surface area contributed by atoms with E-state index in [4.69, 9.17) is 4.74 Å². The first-order chi connectivity index (χ1) is 10.7. The average Bonchev–Trinajstić information content (AvgIpc) is 2.62. The summed E-state index contributed by atoms with van der Waals surface area (Å²) in [6, 6.07) is 12.8. The SMILES string of the molecule is COc1ccc(C(O)(C2=NCCCN2)c2ccccn2)cc1. The first kappa shape index (κ1) is 14.5. The van der Waals surface area contributed by atoms with Gasteiger partial charge < -0.3 is 15.2 Å². The Kier molecular flexibility index (Phi) is 4.06. The zero-order chi connectivity index (χ0) is 15.4. The molecule has 22 heavy (non-hydrogen) atoms. The lowest BCUT2D eigenvalue weighted by Gasteiger charge is -2.32. The van der Waals surface area contributed by atoms with E-state index >= 15 is 0 Å². The van der Waals surface area contributed by atoms with E-state index < -0.39 is 5.60 Å². The molecule has 1 atom stereocenters. The van der Waals surface area contributed by atoms with E-state index in [1.807, 2.05) is 42.5 Å². The van der Waals surface area contributed by atoms with E-state index in [0.29, 0.717) is 23.6 Å². The van der Waals surface area contributed by atoms with Gasteiger partial charge in [0.2, 0.25) is 0 Å². The maximum Gasteiger partial charge on any atom is 0.189 e. The van der Waals surface area contributed by atoms with Gasteiger partial charge in [-0.15, -0.1) is 0 Å². The van der Waals surface area contributed by atoms with Gasteiger partial charge in [0.05, 0.1) is 12.8 Å². The first-order valence-corrected chi connectivity index (χ1v) is 7.32. The number of aromatic nitrogens is 1. The Hall–Kier alpha value is -2.40. The van der Waals surface area contributed by atoms with E-state index in [2.05, 4.69) is 15.3 Å². The molecule has 114 valence electrons. The molecule has 1 aliphatic heterocycles. The number of hydrogen-bond acceptors (Lipinski definition) is 5. The Balaban J connectivity index is 2.11. The van der Waals surface area contributed by atoms with Gasteiger partial charge in [0.1, 0.15) is 11.6 Å². The molecule has 0 saturated heterocycles. The van der Waals surface area contributed by atoms with Gasteiger partial charge in [-0.25, -0.2) is 0 Å². The minimum Gasteiger partial charge on any atom is -0.497 e. The topological polar surface area (TPSA) is 66.7 Å². The summed E-state index contributed by atoms with van der Waals surface area (Å²) >= 11 is 0. The van der Waals surface area contributed by atoms with Crippen LogP contribution in [0.1, 0.15) is 17.7 Å². The number of aliphatic hydroxyl groups is 1. The summed E-state index contributed by atoms with van der Waals surface area (Å²) in [6.07, 6.45) is 2.64. The van der Waals surface area contributed by atoms with Crippen molar-refractivity contribution in [1.82, 2.24) is 10.3 Å². The van der Waals surface area contributed by atoms with Crippen molar-refractivity contribution in [2.45, 2.75) is 12.0 Å². The molecular weight excluding hydrogens is 278 g/mol. The molecule has 0 bridgehead atoms. The van der Waals surface area contributed by atoms with Gasteiger partial charge in [0, 0.05) is 19.3 Å². The Morgan fingerprint density at radius 1 is 1.18 bits per heavy atom. The standard InChI is InChI=1S/C17H19N3O2/c1-22-14-8-6-13(7-9-14)17(21,15-5-2-3-10-18-15)16-19-11-4-12-20-16/h2-3,5-10,21H,4,11-12H2,1H3,(H,19,20). The Labute approximate surface area is 129 Å². The number of rotatable bonds is 4. The molecule has 3 rings (SSSR count). The highest BCUT2D eigenvalue weighted by molar-refractivity contribution is 5.94. The average molecular weight is 297 g/mol. The monoisotopic (exact) mass is 297 g/mol. The molecule has 1 aromatic heterocycles. The number of hydrogen-bond donors (Lipinski definition) is 2. The number of pyridine rings is 1. The summed E-state index contributed by atoms with van der Waals surface area (Å²) in [5, 5.41) is 14.7. The number of nitrogens with one attached hydrogen (secondary N) is 1. The van der Waals surface area contributed by atoms with Crippen molar-refractivity contribution in [3.05, 3.63) is 59.9 Å². The van der Waals surface area contributed by atoms with Crippen molar-refractivity contribution in [3.63, 3.8) is 0 Å². The van der Waals surface area contributed by atoms with Gasteiger partial charge in [-0.05, 0) is 36.2 Å². The van der Waals surface area contributed by atoms with Gasteiger partial charge in [-0.3, -0.25) is 9.98 Å². The van der Waals surface area contributed by atoms with Crippen LogP contribution in [0.3, 0.4) is 0 Å². The number of nitrogens with zero attached hydrogens (tertiary/aromatic N) is 2. The van der Waals surface area contributed by atoms with Crippen molar-refractivity contribution in [1.29, 1.82) is 0 Å². The first-order valence-electron chi connectivity index (χ1n) is 7.32. The normalized spacial score (nSPS) is 17.1. The third kappa shape index (κ3) is 2.55. The molecular formula is C17H19N3O2. The van der Waals surface area contributed by atoms with Gasteiger partial charge in [-0.2, -0.15) is 0 Å². The molecule has 0 aliphatic carbocycles. The molecule has 1 aromatic carbocycles. The molecule has 0 fully saturated rings. The lowest BCUT2D eigenvalue weighted by molar-refractivity contribution is 0.145. The summed E-state index contributed by atoms with van der Waals surface area (Å²) in [6.45, 7) is 1.50. The molecule has 2 heterocycles. The zero-order valence-corrected chi connectivity index (χ0v) is 12.5. The summed E-state index contributed by atoms with van der Waals surface area (Å²) in [5.41, 5.74) is -0.123. The molecule has 2 aromatic rings. The van der Waals surface area contributed by atoms with Gasteiger partial charge >= 0.3 is 0 Å². The quantitative estimate of drug-likeness (QED) is 0.902. The van der Waals surface area contributed by atoms with Crippen LogP contribution in [0.25, 0.3) is 0 Å². The second-order valence-corrected chi connectivity index (χ2v) is 5.16. The summed E-state index contributed by atoms with van der Waals surface area (Å²) in [4.78, 5) is 8.82. The Bertz CT molecular complexity index is 655. The highest BCUT2D eigenvalue weighted by atomic mass is 16.5.